The smallest absolute Gasteiger partial charge is 0.323 e. The predicted octanol–water partition coefficient (Wildman–Crippen LogP) is 3.38. The van der Waals surface area contributed by atoms with Crippen LogP contribution in [-0.4, -0.2) is 43.5 Å². The number of nitrogens with one attached hydrogen (secondary N) is 1. The molecule has 1 aromatic carbocycles. The molecule has 0 aliphatic carbocycles. The van der Waals surface area contributed by atoms with Gasteiger partial charge in [0.1, 0.15) is 6.61 Å². The molecule has 150 valence electrons. The minimum absolute atomic E-state index is 0.0738. The van der Waals surface area contributed by atoms with Crippen LogP contribution in [-0.2, 0) is 20.9 Å². The summed E-state index contributed by atoms with van der Waals surface area (Å²) in [4.78, 5) is 28.5. The summed E-state index contributed by atoms with van der Waals surface area (Å²) in [5, 5.41) is 3.08. The number of rotatable bonds is 9. The van der Waals surface area contributed by atoms with Gasteiger partial charge in [-0.3, -0.25) is 9.59 Å². The van der Waals surface area contributed by atoms with Crippen molar-refractivity contribution in [3.05, 3.63) is 35.9 Å². The van der Waals surface area contributed by atoms with Crippen LogP contribution in [0.3, 0.4) is 0 Å². The fraction of sp³-hybridized carbons (Fsp3) is 0.636. The minimum Gasteiger partial charge on any atom is -0.460 e. The highest BCUT2D eigenvalue weighted by Gasteiger charge is 2.48. The normalized spacial score (nSPS) is 16.8. The van der Waals surface area contributed by atoms with Crippen LogP contribution in [0, 0.1) is 11.3 Å². The number of hydrogen-bond donors (Lipinski definition) is 1. The van der Waals surface area contributed by atoms with E-state index in [2.05, 4.69) is 19.2 Å². The number of hydrogen-bond acceptors (Lipinski definition) is 4. The number of carbonyl (C=O) groups is 2. The Morgan fingerprint density at radius 2 is 1.81 bits per heavy atom. The van der Waals surface area contributed by atoms with Crippen LogP contribution < -0.4 is 5.32 Å². The molecule has 5 heteroatoms. The van der Waals surface area contributed by atoms with E-state index in [1.54, 1.807) is 7.05 Å². The molecular weight excluding hydrogens is 340 g/mol. The van der Waals surface area contributed by atoms with Crippen molar-refractivity contribution in [3.63, 3.8) is 0 Å². The standard InChI is InChI=1S/C22H34N2O3/c1-18(2)12-13-22(17-23-3,20(25)24-14-8-5-9-15-24)21(26)27-16-19-10-6-4-7-11-19/h4,6-7,10-11,18,23H,5,8-9,12-17H2,1-3H3/t22-/m0/s1. The average Bonchev–Trinajstić information content (AvgIpc) is 2.70. The Balaban J connectivity index is 2.21. The second-order valence-electron chi connectivity index (χ2n) is 7.96. The van der Waals surface area contributed by atoms with E-state index >= 15 is 0 Å². The van der Waals surface area contributed by atoms with Crippen molar-refractivity contribution in [1.82, 2.24) is 10.2 Å². The molecule has 27 heavy (non-hydrogen) atoms. The lowest BCUT2D eigenvalue weighted by molar-refractivity contribution is -0.167. The fourth-order valence-electron chi connectivity index (χ4n) is 3.63. The second kappa shape index (κ2) is 10.5. The van der Waals surface area contributed by atoms with Gasteiger partial charge >= 0.3 is 5.97 Å². The lowest BCUT2D eigenvalue weighted by atomic mass is 9.79. The van der Waals surface area contributed by atoms with E-state index in [9.17, 15) is 9.59 Å². The molecule has 1 heterocycles. The topological polar surface area (TPSA) is 58.6 Å². The molecule has 0 bridgehead atoms. The highest BCUT2D eigenvalue weighted by atomic mass is 16.5. The summed E-state index contributed by atoms with van der Waals surface area (Å²) in [6, 6.07) is 9.61. The Kier molecular flexibility index (Phi) is 8.29. The number of nitrogens with zero attached hydrogens (tertiary/aromatic N) is 1. The summed E-state index contributed by atoms with van der Waals surface area (Å²) in [5.74, 6) is -0.0653. The number of likely N-dealkylation sites (tertiary alicyclic amines) is 1. The maximum absolute atomic E-state index is 13.5. The lowest BCUT2D eigenvalue weighted by Crippen LogP contribution is -2.55. The number of carbonyl (C=O) groups excluding carboxylic acids is 2. The molecule has 0 unspecified atom stereocenters. The zero-order valence-corrected chi connectivity index (χ0v) is 17.0. The molecule has 5 nitrogen and oxygen atoms in total. The van der Waals surface area contributed by atoms with E-state index in [0.29, 0.717) is 18.9 Å². The van der Waals surface area contributed by atoms with Gasteiger partial charge < -0.3 is 15.0 Å². The first-order chi connectivity index (χ1) is 13.0. The third kappa shape index (κ3) is 5.80. The van der Waals surface area contributed by atoms with Crippen LogP contribution in [0.5, 0.6) is 0 Å². The van der Waals surface area contributed by atoms with Crippen molar-refractivity contribution in [2.45, 2.75) is 52.6 Å². The fourth-order valence-corrected chi connectivity index (χ4v) is 3.63. The second-order valence-corrected chi connectivity index (χ2v) is 7.96. The number of amides is 1. The van der Waals surface area contributed by atoms with Crippen LogP contribution in [0.25, 0.3) is 0 Å². The van der Waals surface area contributed by atoms with Gasteiger partial charge in [-0.15, -0.1) is 0 Å². The summed E-state index contributed by atoms with van der Waals surface area (Å²) in [5.41, 5.74) is -0.219. The van der Waals surface area contributed by atoms with Crippen LogP contribution >= 0.6 is 0 Å². The first-order valence-electron chi connectivity index (χ1n) is 10.1. The van der Waals surface area contributed by atoms with E-state index in [1.807, 2.05) is 35.2 Å². The van der Waals surface area contributed by atoms with Crippen LogP contribution in [0.1, 0.15) is 51.5 Å². The van der Waals surface area contributed by atoms with Crippen molar-refractivity contribution in [2.75, 3.05) is 26.7 Å². The van der Waals surface area contributed by atoms with Gasteiger partial charge in [-0.1, -0.05) is 44.2 Å². The van der Waals surface area contributed by atoms with Gasteiger partial charge in [-0.25, -0.2) is 0 Å². The molecule has 0 saturated carbocycles. The molecule has 2 rings (SSSR count). The van der Waals surface area contributed by atoms with Gasteiger partial charge in [-0.05, 0) is 50.6 Å². The molecule has 1 aromatic rings. The van der Waals surface area contributed by atoms with Crippen molar-refractivity contribution in [2.24, 2.45) is 11.3 Å². The number of esters is 1. The van der Waals surface area contributed by atoms with E-state index in [1.165, 1.54) is 0 Å². The molecule has 0 aromatic heterocycles. The highest BCUT2D eigenvalue weighted by molar-refractivity contribution is 6.03. The van der Waals surface area contributed by atoms with Gasteiger partial charge in [0.25, 0.3) is 0 Å². The number of benzene rings is 1. The predicted molar refractivity (Wildman–Crippen MR) is 107 cm³/mol. The molecule has 1 aliphatic rings. The third-order valence-electron chi connectivity index (χ3n) is 5.28. The summed E-state index contributed by atoms with van der Waals surface area (Å²) in [7, 11) is 1.79. The lowest BCUT2D eigenvalue weighted by Gasteiger charge is -2.37. The van der Waals surface area contributed by atoms with Crippen LogP contribution in [0.4, 0.5) is 0 Å². The molecule has 1 fully saturated rings. The third-order valence-corrected chi connectivity index (χ3v) is 5.28. The van der Waals surface area contributed by atoms with E-state index in [-0.39, 0.29) is 12.5 Å². The highest BCUT2D eigenvalue weighted by Crippen LogP contribution is 2.32. The Bertz CT molecular complexity index is 597. The Labute approximate surface area is 163 Å². The zero-order valence-electron chi connectivity index (χ0n) is 17.0. The Morgan fingerprint density at radius 3 is 2.41 bits per heavy atom. The molecule has 0 radical (unpaired) electrons. The van der Waals surface area contributed by atoms with Crippen molar-refractivity contribution in [3.8, 4) is 0 Å². The molecule has 1 N–H and O–H groups in total. The number of ether oxygens (including phenoxy) is 1. The molecular formula is C22H34N2O3. The Hall–Kier alpha value is -1.88. The molecule has 1 aliphatic heterocycles. The van der Waals surface area contributed by atoms with E-state index in [0.717, 1.165) is 44.3 Å². The molecule has 1 atom stereocenters. The minimum atomic E-state index is -1.15. The van der Waals surface area contributed by atoms with Gasteiger partial charge in [0.05, 0.1) is 0 Å². The summed E-state index contributed by atoms with van der Waals surface area (Å²) in [6.45, 7) is 6.20. The molecule has 1 saturated heterocycles. The quantitative estimate of drug-likeness (QED) is 0.532. The van der Waals surface area contributed by atoms with Gasteiger partial charge in [0.2, 0.25) is 5.91 Å². The average molecular weight is 375 g/mol. The van der Waals surface area contributed by atoms with E-state index in [4.69, 9.17) is 4.74 Å². The van der Waals surface area contributed by atoms with E-state index < -0.39 is 11.4 Å². The van der Waals surface area contributed by atoms with Gasteiger partial charge in [0, 0.05) is 19.6 Å². The zero-order chi connectivity index (χ0) is 19.7. The number of piperidine rings is 1. The summed E-state index contributed by atoms with van der Waals surface area (Å²) in [6.07, 6.45) is 4.47. The largest absolute Gasteiger partial charge is 0.460 e. The van der Waals surface area contributed by atoms with Gasteiger partial charge in [0.15, 0.2) is 5.41 Å². The SMILES string of the molecule is CNC[C@](CCC(C)C)(C(=O)OCc1ccccc1)C(=O)N1CCCCC1. The van der Waals surface area contributed by atoms with Crippen molar-refractivity contribution < 1.29 is 14.3 Å². The van der Waals surface area contributed by atoms with Crippen LogP contribution in [0.2, 0.25) is 0 Å². The maximum atomic E-state index is 13.5. The van der Waals surface area contributed by atoms with Crippen LogP contribution in [0.15, 0.2) is 30.3 Å². The maximum Gasteiger partial charge on any atom is 0.323 e. The monoisotopic (exact) mass is 374 g/mol. The van der Waals surface area contributed by atoms with Crippen molar-refractivity contribution >= 4 is 11.9 Å². The molecule has 0 spiro atoms. The Morgan fingerprint density at radius 1 is 1.15 bits per heavy atom. The summed E-state index contributed by atoms with van der Waals surface area (Å²) >= 11 is 0. The summed E-state index contributed by atoms with van der Waals surface area (Å²) < 4.78 is 5.66. The van der Waals surface area contributed by atoms with Crippen molar-refractivity contribution in [1.29, 1.82) is 0 Å². The first kappa shape index (κ1) is 21.4. The van der Waals surface area contributed by atoms with Gasteiger partial charge in [-0.2, -0.15) is 0 Å². The first-order valence-corrected chi connectivity index (χ1v) is 10.1. The molecule has 1 amide bonds.